The molecule has 0 saturated carbocycles. The first-order valence-electron chi connectivity index (χ1n) is 11.3. The first kappa shape index (κ1) is 23.9. The highest BCUT2D eigenvalue weighted by atomic mass is 19.4. The minimum Gasteiger partial charge on any atom is -0.379 e. The number of benzene rings is 1. The van der Waals surface area contributed by atoms with E-state index >= 15 is 0 Å². The molecule has 0 spiro atoms. The van der Waals surface area contributed by atoms with E-state index in [9.17, 15) is 18.0 Å². The number of aryl methyl sites for hydroxylation is 1. The quantitative estimate of drug-likeness (QED) is 0.420. The lowest BCUT2D eigenvalue weighted by atomic mass is 9.75. The van der Waals surface area contributed by atoms with Crippen LogP contribution in [0.5, 0.6) is 0 Å². The highest BCUT2D eigenvalue weighted by Gasteiger charge is 2.42. The van der Waals surface area contributed by atoms with Crippen molar-refractivity contribution in [2.75, 3.05) is 13.2 Å². The number of nitrogens with zero attached hydrogens (tertiary/aromatic N) is 5. The van der Waals surface area contributed by atoms with Crippen LogP contribution in [0, 0.1) is 0 Å². The van der Waals surface area contributed by atoms with Crippen LogP contribution in [0.15, 0.2) is 36.7 Å². The van der Waals surface area contributed by atoms with Gasteiger partial charge in [0.2, 0.25) is 5.91 Å². The van der Waals surface area contributed by atoms with Crippen molar-refractivity contribution in [3.8, 4) is 11.3 Å². The summed E-state index contributed by atoms with van der Waals surface area (Å²) in [6, 6.07) is 7.80. The van der Waals surface area contributed by atoms with Gasteiger partial charge in [-0.05, 0) is 24.6 Å². The second-order valence-corrected chi connectivity index (χ2v) is 9.20. The third-order valence-corrected chi connectivity index (χ3v) is 6.51. The molecule has 4 heterocycles. The molecule has 0 radical (unpaired) electrons. The molecule has 1 fully saturated rings. The maximum Gasteiger partial charge on any atom is 0.433 e. The fourth-order valence-corrected chi connectivity index (χ4v) is 4.58. The predicted octanol–water partition coefficient (Wildman–Crippen LogP) is 3.48. The van der Waals surface area contributed by atoms with Crippen molar-refractivity contribution in [2.45, 2.75) is 37.9 Å². The number of aromatic amines is 1. The summed E-state index contributed by atoms with van der Waals surface area (Å²) in [4.78, 5) is 15.4. The molecule has 0 aliphatic carbocycles. The van der Waals surface area contributed by atoms with Crippen molar-refractivity contribution in [1.29, 1.82) is 0 Å². The normalized spacial score (nSPS) is 16.1. The van der Waals surface area contributed by atoms with E-state index in [-0.39, 0.29) is 22.4 Å². The first-order chi connectivity index (χ1) is 17.1. The number of aromatic nitrogens is 6. The Balaban J connectivity index is 1.60. The third kappa shape index (κ3) is 4.21. The van der Waals surface area contributed by atoms with Gasteiger partial charge in [0.05, 0.1) is 30.5 Å². The lowest BCUT2D eigenvalue weighted by Crippen LogP contribution is -2.49. The van der Waals surface area contributed by atoms with Crippen molar-refractivity contribution in [1.82, 2.24) is 35.3 Å². The minimum absolute atomic E-state index is 0.0658. The largest absolute Gasteiger partial charge is 0.433 e. The van der Waals surface area contributed by atoms with Crippen LogP contribution in [0.3, 0.4) is 0 Å². The van der Waals surface area contributed by atoms with Crippen molar-refractivity contribution in [3.63, 3.8) is 0 Å². The number of hydrogen-bond donors (Lipinski definition) is 2. The van der Waals surface area contributed by atoms with E-state index < -0.39 is 17.9 Å². The van der Waals surface area contributed by atoms with E-state index in [0.717, 1.165) is 17.5 Å². The van der Waals surface area contributed by atoms with Gasteiger partial charge in [-0.15, -0.1) is 10.2 Å². The Morgan fingerprint density at radius 3 is 2.69 bits per heavy atom. The van der Waals surface area contributed by atoms with E-state index in [2.05, 4.69) is 30.7 Å². The van der Waals surface area contributed by atoms with Crippen LogP contribution in [-0.2, 0) is 34.6 Å². The van der Waals surface area contributed by atoms with Gasteiger partial charge in [-0.2, -0.15) is 18.3 Å². The SMILES string of the molecule is CC(=O)N[C@H](C)c1nc(C(F)(F)F)cc2c(-c3cccc(C4(Cc5nncn5C)COC4)c3)n[nH]c12. The number of amides is 1. The lowest BCUT2D eigenvalue weighted by molar-refractivity contribution is -0.141. The van der Waals surface area contributed by atoms with Crippen molar-refractivity contribution in [2.24, 2.45) is 7.05 Å². The van der Waals surface area contributed by atoms with Gasteiger partial charge < -0.3 is 14.6 Å². The fraction of sp³-hybridized carbons (Fsp3) is 0.375. The summed E-state index contributed by atoms with van der Waals surface area (Å²) in [5.41, 5.74) is 1.02. The summed E-state index contributed by atoms with van der Waals surface area (Å²) in [7, 11) is 1.88. The van der Waals surface area contributed by atoms with Gasteiger partial charge >= 0.3 is 6.18 Å². The van der Waals surface area contributed by atoms with Crippen LogP contribution >= 0.6 is 0 Å². The molecule has 36 heavy (non-hydrogen) atoms. The molecular formula is C24H24F3N7O2. The molecule has 188 valence electrons. The average Bonchev–Trinajstić information content (AvgIpc) is 3.40. The van der Waals surface area contributed by atoms with Crippen molar-refractivity contribution < 1.29 is 22.7 Å². The van der Waals surface area contributed by atoms with Crippen LogP contribution in [0.2, 0.25) is 0 Å². The highest BCUT2D eigenvalue weighted by Crippen LogP contribution is 2.39. The molecule has 1 aliphatic rings. The molecule has 2 N–H and O–H groups in total. The van der Waals surface area contributed by atoms with Gasteiger partial charge in [0, 0.05) is 36.8 Å². The average molecular weight is 499 g/mol. The van der Waals surface area contributed by atoms with Gasteiger partial charge in [0.15, 0.2) is 0 Å². The summed E-state index contributed by atoms with van der Waals surface area (Å²) >= 11 is 0. The number of H-pyrrole nitrogens is 1. The Morgan fingerprint density at radius 2 is 2.08 bits per heavy atom. The zero-order valence-corrected chi connectivity index (χ0v) is 19.8. The number of hydrogen-bond acceptors (Lipinski definition) is 6. The molecule has 5 rings (SSSR count). The zero-order valence-electron chi connectivity index (χ0n) is 19.8. The van der Waals surface area contributed by atoms with Gasteiger partial charge in [0.25, 0.3) is 0 Å². The molecule has 9 nitrogen and oxygen atoms in total. The molecule has 1 saturated heterocycles. The van der Waals surface area contributed by atoms with E-state index in [0.29, 0.717) is 36.4 Å². The molecule has 1 amide bonds. The van der Waals surface area contributed by atoms with Gasteiger partial charge in [-0.1, -0.05) is 18.2 Å². The fourth-order valence-electron chi connectivity index (χ4n) is 4.58. The number of nitrogens with one attached hydrogen (secondary N) is 2. The molecule has 1 aromatic carbocycles. The maximum atomic E-state index is 13.7. The molecule has 3 aromatic heterocycles. The Morgan fingerprint density at radius 1 is 1.31 bits per heavy atom. The van der Waals surface area contributed by atoms with Crippen molar-refractivity contribution in [3.05, 3.63) is 59.4 Å². The molecular weight excluding hydrogens is 475 g/mol. The van der Waals surface area contributed by atoms with Gasteiger partial charge in [-0.3, -0.25) is 9.89 Å². The standard InChI is InChI=1S/C24H24F3N7O2/c1-13(29-14(2)35)20-22-17(8-18(30-20)24(25,26)27)21(32-33-22)15-5-4-6-16(7-15)23(10-36-11-23)9-19-31-28-12-34(19)3/h4-8,12-13H,9-11H2,1-3H3,(H,29,35)(H,32,33)/t13-/m1/s1. The van der Waals surface area contributed by atoms with E-state index in [1.165, 1.54) is 6.92 Å². The Bertz CT molecular complexity index is 1440. The summed E-state index contributed by atoms with van der Waals surface area (Å²) in [6.45, 7) is 3.86. The number of carbonyl (C=O) groups excluding carboxylic acids is 1. The van der Waals surface area contributed by atoms with E-state index in [1.54, 1.807) is 19.3 Å². The number of alkyl halides is 3. The number of carbonyl (C=O) groups is 1. The molecule has 0 unspecified atom stereocenters. The molecule has 12 heteroatoms. The lowest BCUT2D eigenvalue weighted by Gasteiger charge is -2.41. The van der Waals surface area contributed by atoms with Crippen molar-refractivity contribution >= 4 is 16.8 Å². The van der Waals surface area contributed by atoms with Crippen LogP contribution in [0.4, 0.5) is 13.2 Å². The molecule has 1 aliphatic heterocycles. The molecule has 0 bridgehead atoms. The van der Waals surface area contributed by atoms with Crippen LogP contribution < -0.4 is 5.32 Å². The zero-order chi connectivity index (χ0) is 25.7. The number of rotatable bonds is 6. The minimum atomic E-state index is -4.67. The summed E-state index contributed by atoms with van der Waals surface area (Å²) < 4.78 is 48.6. The van der Waals surface area contributed by atoms with Crippen LogP contribution in [0.1, 0.15) is 42.7 Å². The highest BCUT2D eigenvalue weighted by molar-refractivity contribution is 5.95. The Labute approximate surface area is 204 Å². The second-order valence-electron chi connectivity index (χ2n) is 9.20. The summed E-state index contributed by atoms with van der Waals surface area (Å²) in [5, 5.41) is 18.2. The number of halogens is 3. The number of pyridine rings is 1. The maximum absolute atomic E-state index is 13.7. The summed E-state index contributed by atoms with van der Waals surface area (Å²) in [6.07, 6.45) is -2.42. The van der Waals surface area contributed by atoms with E-state index in [4.69, 9.17) is 4.74 Å². The first-order valence-corrected chi connectivity index (χ1v) is 11.3. The smallest absolute Gasteiger partial charge is 0.379 e. The Hall–Kier alpha value is -3.80. The Kier molecular flexibility index (Phi) is 5.78. The van der Waals surface area contributed by atoms with Gasteiger partial charge in [-0.25, -0.2) is 4.98 Å². The third-order valence-electron chi connectivity index (χ3n) is 6.51. The predicted molar refractivity (Wildman–Crippen MR) is 124 cm³/mol. The number of fused-ring (bicyclic) bond motifs is 1. The topological polar surface area (TPSA) is 111 Å². The summed E-state index contributed by atoms with van der Waals surface area (Å²) in [5.74, 6) is 0.435. The number of ether oxygens (including phenoxy) is 1. The van der Waals surface area contributed by atoms with Crippen LogP contribution in [-0.4, -0.2) is 49.1 Å². The molecule has 1 atom stereocenters. The van der Waals surface area contributed by atoms with E-state index in [1.807, 2.05) is 29.8 Å². The van der Waals surface area contributed by atoms with Gasteiger partial charge in [0.1, 0.15) is 23.5 Å². The second kappa shape index (κ2) is 8.70. The van der Waals surface area contributed by atoms with Crippen LogP contribution in [0.25, 0.3) is 22.2 Å². The monoisotopic (exact) mass is 499 g/mol. The molecule has 4 aromatic rings.